The van der Waals surface area contributed by atoms with Gasteiger partial charge in [-0.1, -0.05) is 48.2 Å². The Kier molecular flexibility index (Phi) is 8.87. The summed E-state index contributed by atoms with van der Waals surface area (Å²) in [5, 5.41) is 8.36. The van der Waals surface area contributed by atoms with E-state index in [9.17, 15) is 4.79 Å². The molecule has 0 atom stereocenters. The highest BCUT2D eigenvalue weighted by Gasteiger charge is 2.12. The van der Waals surface area contributed by atoms with Crippen LogP contribution in [0.4, 0.5) is 0 Å². The minimum Gasteiger partial charge on any atom is -0.493 e. The number of amidine groups is 1. The molecule has 0 radical (unpaired) electrons. The maximum atomic E-state index is 11.6. The molecule has 8 heteroatoms. The van der Waals surface area contributed by atoms with Crippen LogP contribution < -0.4 is 15.2 Å². The van der Waals surface area contributed by atoms with Crippen molar-refractivity contribution in [3.8, 4) is 11.5 Å². The highest BCUT2D eigenvalue weighted by molar-refractivity contribution is 8.13. The number of esters is 1. The summed E-state index contributed by atoms with van der Waals surface area (Å²) in [6.07, 6.45) is 1.50. The molecule has 2 aromatic carbocycles. The Morgan fingerprint density at radius 3 is 2.68 bits per heavy atom. The average Bonchev–Trinajstić information content (AvgIpc) is 2.72. The third-order valence-electron chi connectivity index (χ3n) is 3.45. The first-order chi connectivity index (χ1) is 13.6. The van der Waals surface area contributed by atoms with Gasteiger partial charge in [0.25, 0.3) is 0 Å². The second-order valence-electron chi connectivity index (χ2n) is 5.43. The quantitative estimate of drug-likeness (QED) is 0.300. The van der Waals surface area contributed by atoms with Gasteiger partial charge in [0.2, 0.25) is 0 Å². The maximum absolute atomic E-state index is 11.6. The van der Waals surface area contributed by atoms with E-state index in [0.717, 1.165) is 5.56 Å². The second-order valence-corrected chi connectivity index (χ2v) is 6.43. The number of nitrogens with two attached hydrogens (primary N) is 1. The van der Waals surface area contributed by atoms with Gasteiger partial charge < -0.3 is 19.9 Å². The van der Waals surface area contributed by atoms with E-state index in [-0.39, 0.29) is 13.2 Å². The Morgan fingerprint density at radius 2 is 1.96 bits per heavy atom. The molecule has 0 fully saturated rings. The van der Waals surface area contributed by atoms with Gasteiger partial charge in [0.15, 0.2) is 23.3 Å². The predicted molar refractivity (Wildman–Crippen MR) is 112 cm³/mol. The first-order valence-electron chi connectivity index (χ1n) is 8.62. The van der Waals surface area contributed by atoms with Crippen molar-refractivity contribution < 1.29 is 19.0 Å². The minimum atomic E-state index is -0.462. The molecule has 0 aliphatic carbocycles. The summed E-state index contributed by atoms with van der Waals surface area (Å²) in [5.74, 6) is 1.10. The van der Waals surface area contributed by atoms with Crippen LogP contribution in [0.1, 0.15) is 18.1 Å². The Balaban J connectivity index is 2.03. The molecule has 0 spiro atoms. The van der Waals surface area contributed by atoms with Crippen molar-refractivity contribution in [2.75, 3.05) is 20.3 Å². The van der Waals surface area contributed by atoms with E-state index < -0.39 is 5.97 Å². The number of hydrogen-bond donors (Lipinski definition) is 1. The van der Waals surface area contributed by atoms with Crippen molar-refractivity contribution in [1.29, 1.82) is 0 Å². The third-order valence-corrected chi connectivity index (χ3v) is 4.31. The molecular weight excluding hydrogens is 378 g/mol. The number of thioether (sulfide) groups is 1. The molecule has 2 rings (SSSR count). The Labute approximate surface area is 168 Å². The molecule has 0 unspecified atom stereocenters. The lowest BCUT2D eigenvalue weighted by Crippen LogP contribution is -2.15. The highest BCUT2D eigenvalue weighted by Crippen LogP contribution is 2.30. The fourth-order valence-electron chi connectivity index (χ4n) is 2.19. The van der Waals surface area contributed by atoms with E-state index >= 15 is 0 Å². The zero-order chi connectivity index (χ0) is 20.2. The van der Waals surface area contributed by atoms with Gasteiger partial charge in [-0.15, -0.1) is 5.10 Å². The van der Waals surface area contributed by atoms with Crippen LogP contribution in [0, 0.1) is 0 Å². The van der Waals surface area contributed by atoms with E-state index in [0.29, 0.717) is 28.0 Å². The number of carbonyl (C=O) groups is 1. The average molecular weight is 401 g/mol. The van der Waals surface area contributed by atoms with Gasteiger partial charge in [-0.3, -0.25) is 0 Å². The monoisotopic (exact) mass is 401 g/mol. The van der Waals surface area contributed by atoms with Crippen molar-refractivity contribution in [3.05, 3.63) is 59.7 Å². The van der Waals surface area contributed by atoms with Crippen LogP contribution in [0.25, 0.3) is 0 Å². The summed E-state index contributed by atoms with van der Waals surface area (Å²) in [5.41, 5.74) is 7.65. The van der Waals surface area contributed by atoms with Crippen molar-refractivity contribution >= 4 is 29.1 Å². The lowest BCUT2D eigenvalue weighted by Gasteiger charge is -2.12. The molecule has 2 N–H and O–H groups in total. The Hall–Kier alpha value is -3.00. The summed E-state index contributed by atoms with van der Waals surface area (Å²) in [4.78, 5) is 11.6. The molecule has 2 aromatic rings. The Morgan fingerprint density at radius 1 is 1.18 bits per heavy atom. The molecule has 0 bridgehead atoms. The largest absolute Gasteiger partial charge is 0.493 e. The smallest absolute Gasteiger partial charge is 0.344 e. The standard InChI is InChI=1S/C20H23N3O4S/c1-3-26-18(24)13-27-19-16(10-7-11-17(19)25-2)12-22-23-20(21)28-14-15-8-5-4-6-9-15/h4-12H,3,13-14H2,1-2H3,(H2,21,23). The number of methoxy groups -OCH3 is 1. The molecule has 7 nitrogen and oxygen atoms in total. The summed E-state index contributed by atoms with van der Waals surface area (Å²) in [6.45, 7) is 1.79. The molecule has 0 aliphatic rings. The number of hydrogen-bond acceptors (Lipinski definition) is 7. The van der Waals surface area contributed by atoms with E-state index in [1.54, 1.807) is 25.1 Å². The maximum Gasteiger partial charge on any atom is 0.344 e. The van der Waals surface area contributed by atoms with Gasteiger partial charge >= 0.3 is 5.97 Å². The van der Waals surface area contributed by atoms with Crippen LogP contribution in [0.5, 0.6) is 11.5 Å². The van der Waals surface area contributed by atoms with Crippen molar-refractivity contribution in [3.63, 3.8) is 0 Å². The van der Waals surface area contributed by atoms with E-state index in [1.807, 2.05) is 30.3 Å². The normalized spacial score (nSPS) is 11.4. The summed E-state index contributed by atoms with van der Waals surface area (Å²) < 4.78 is 15.7. The zero-order valence-electron chi connectivity index (χ0n) is 15.8. The number of rotatable bonds is 9. The summed E-state index contributed by atoms with van der Waals surface area (Å²) in [7, 11) is 1.52. The number of nitrogens with zero attached hydrogens (tertiary/aromatic N) is 2. The first-order valence-corrected chi connectivity index (χ1v) is 9.61. The van der Waals surface area contributed by atoms with Crippen LogP contribution >= 0.6 is 11.8 Å². The highest BCUT2D eigenvalue weighted by atomic mass is 32.2. The molecule has 0 aliphatic heterocycles. The van der Waals surface area contributed by atoms with E-state index in [1.165, 1.54) is 25.1 Å². The molecule has 0 amide bonds. The molecule has 0 aromatic heterocycles. The molecule has 0 saturated carbocycles. The van der Waals surface area contributed by atoms with Crippen LogP contribution in [0.15, 0.2) is 58.7 Å². The lowest BCUT2D eigenvalue weighted by molar-refractivity contribution is -0.145. The van der Waals surface area contributed by atoms with Crippen LogP contribution in [-0.4, -0.2) is 37.7 Å². The van der Waals surface area contributed by atoms with Crippen LogP contribution in [-0.2, 0) is 15.3 Å². The number of para-hydroxylation sites is 1. The molecule has 0 heterocycles. The minimum absolute atomic E-state index is 0.229. The predicted octanol–water partition coefficient (Wildman–Crippen LogP) is 3.22. The van der Waals surface area contributed by atoms with Crippen molar-refractivity contribution in [2.45, 2.75) is 12.7 Å². The summed E-state index contributed by atoms with van der Waals surface area (Å²) in [6, 6.07) is 15.2. The SMILES string of the molecule is CCOC(=O)COc1c(C=NN=C(N)SCc2ccccc2)cccc1OC. The second kappa shape index (κ2) is 11.7. The molecular formula is C20H23N3O4S. The van der Waals surface area contributed by atoms with Crippen molar-refractivity contribution in [2.24, 2.45) is 15.9 Å². The van der Waals surface area contributed by atoms with Gasteiger partial charge in [-0.25, -0.2) is 4.79 Å². The van der Waals surface area contributed by atoms with Crippen molar-refractivity contribution in [1.82, 2.24) is 0 Å². The fraction of sp³-hybridized carbons (Fsp3) is 0.250. The first kappa shape index (κ1) is 21.3. The molecule has 28 heavy (non-hydrogen) atoms. The number of benzene rings is 2. The van der Waals surface area contributed by atoms with Gasteiger partial charge in [-0.05, 0) is 24.6 Å². The Bertz CT molecular complexity index is 825. The van der Waals surface area contributed by atoms with Crippen LogP contribution in [0.2, 0.25) is 0 Å². The van der Waals surface area contributed by atoms with Gasteiger partial charge in [0, 0.05) is 11.3 Å². The molecule has 148 valence electrons. The van der Waals surface area contributed by atoms with Gasteiger partial charge in [-0.2, -0.15) is 5.10 Å². The number of carbonyl (C=O) groups excluding carboxylic acids is 1. The molecule has 0 saturated heterocycles. The fourth-order valence-corrected chi connectivity index (χ4v) is 2.80. The lowest BCUT2D eigenvalue weighted by atomic mass is 10.2. The number of ether oxygens (including phenoxy) is 3. The zero-order valence-corrected chi connectivity index (χ0v) is 16.6. The van der Waals surface area contributed by atoms with E-state index in [4.69, 9.17) is 19.9 Å². The topological polar surface area (TPSA) is 95.5 Å². The van der Waals surface area contributed by atoms with E-state index in [2.05, 4.69) is 10.2 Å². The van der Waals surface area contributed by atoms with Crippen LogP contribution in [0.3, 0.4) is 0 Å². The van der Waals surface area contributed by atoms with Gasteiger partial charge in [0.1, 0.15) is 0 Å². The summed E-state index contributed by atoms with van der Waals surface area (Å²) >= 11 is 1.39. The van der Waals surface area contributed by atoms with Gasteiger partial charge in [0.05, 0.1) is 19.9 Å². The third kappa shape index (κ3) is 6.96.